The monoisotopic (exact) mass is 578 g/mol. The van der Waals surface area contributed by atoms with Crippen molar-refractivity contribution in [3.63, 3.8) is 0 Å². The summed E-state index contributed by atoms with van der Waals surface area (Å²) in [6.45, 7) is 0.231. The molecular weight excluding hydrogens is 555 g/mol. The van der Waals surface area contributed by atoms with Gasteiger partial charge in [-0.25, -0.2) is 10.2 Å². The van der Waals surface area contributed by atoms with Gasteiger partial charge in [-0.3, -0.25) is 4.79 Å². The van der Waals surface area contributed by atoms with Gasteiger partial charge in [0.05, 0.1) is 28.9 Å². The van der Waals surface area contributed by atoms with Crippen molar-refractivity contribution < 1.29 is 28.5 Å². The molecule has 0 unspecified atom stereocenters. The van der Waals surface area contributed by atoms with Crippen molar-refractivity contribution in [2.75, 3.05) is 13.7 Å². The van der Waals surface area contributed by atoms with Crippen molar-refractivity contribution in [3.05, 3.63) is 118 Å². The number of nitrogens with one attached hydrogen (secondary N) is 1. The number of amides is 1. The molecule has 0 heterocycles. The third-order valence-electron chi connectivity index (χ3n) is 5.39. The first-order valence-electron chi connectivity index (χ1n) is 12.0. The van der Waals surface area contributed by atoms with E-state index in [1.807, 2.05) is 30.3 Å². The maximum atomic E-state index is 12.5. The molecule has 204 valence electrons. The Morgan fingerprint density at radius 3 is 2.25 bits per heavy atom. The minimum Gasteiger partial charge on any atom is -0.493 e. The summed E-state index contributed by atoms with van der Waals surface area (Å²) >= 11 is 11.9. The van der Waals surface area contributed by atoms with Gasteiger partial charge in [0, 0.05) is 0 Å². The van der Waals surface area contributed by atoms with Gasteiger partial charge in [0.25, 0.3) is 5.91 Å². The highest BCUT2D eigenvalue weighted by molar-refractivity contribution is 6.42. The number of nitrogens with zero attached hydrogens (tertiary/aromatic N) is 1. The summed E-state index contributed by atoms with van der Waals surface area (Å²) in [6.07, 6.45) is 1.42. The molecule has 0 aliphatic heterocycles. The van der Waals surface area contributed by atoms with Crippen molar-refractivity contribution in [1.82, 2.24) is 5.43 Å². The first kappa shape index (κ1) is 28.5. The van der Waals surface area contributed by atoms with Gasteiger partial charge in [-0.15, -0.1) is 0 Å². The quantitative estimate of drug-likeness (QED) is 0.0966. The van der Waals surface area contributed by atoms with E-state index in [9.17, 15) is 9.59 Å². The lowest BCUT2D eigenvalue weighted by molar-refractivity contribution is -0.123. The Kier molecular flexibility index (Phi) is 9.99. The van der Waals surface area contributed by atoms with Crippen LogP contribution in [0.25, 0.3) is 0 Å². The predicted molar refractivity (Wildman–Crippen MR) is 153 cm³/mol. The second-order valence-corrected chi connectivity index (χ2v) is 9.07. The zero-order chi connectivity index (χ0) is 28.3. The van der Waals surface area contributed by atoms with Crippen LogP contribution in [0.15, 0.2) is 96.1 Å². The predicted octanol–water partition coefficient (Wildman–Crippen LogP) is 6.33. The number of methoxy groups -OCH3 is 1. The molecule has 0 saturated heterocycles. The zero-order valence-corrected chi connectivity index (χ0v) is 22.8. The normalized spacial score (nSPS) is 10.7. The van der Waals surface area contributed by atoms with E-state index in [4.69, 9.17) is 42.1 Å². The Morgan fingerprint density at radius 1 is 0.825 bits per heavy atom. The second kappa shape index (κ2) is 14.0. The van der Waals surface area contributed by atoms with Crippen molar-refractivity contribution in [1.29, 1.82) is 0 Å². The third kappa shape index (κ3) is 8.23. The molecule has 8 nitrogen and oxygen atoms in total. The molecule has 0 aliphatic carbocycles. The number of halogens is 2. The zero-order valence-electron chi connectivity index (χ0n) is 21.3. The molecule has 0 atom stereocenters. The summed E-state index contributed by atoms with van der Waals surface area (Å²) in [5, 5.41) is 4.51. The molecule has 10 heteroatoms. The number of ether oxygens (including phenoxy) is 4. The molecule has 0 aromatic heterocycles. The summed E-state index contributed by atoms with van der Waals surface area (Å²) in [6, 6.07) is 26.1. The minimum absolute atomic E-state index is 0.199. The van der Waals surface area contributed by atoms with Gasteiger partial charge in [0.1, 0.15) is 18.1 Å². The van der Waals surface area contributed by atoms with Crippen LogP contribution in [0.2, 0.25) is 10.0 Å². The molecule has 0 radical (unpaired) electrons. The van der Waals surface area contributed by atoms with E-state index in [0.717, 1.165) is 5.56 Å². The maximum absolute atomic E-state index is 12.5. The number of carbonyl (C=O) groups is 2. The summed E-state index contributed by atoms with van der Waals surface area (Å²) in [5.74, 6) is 0.630. The van der Waals surface area contributed by atoms with Crippen molar-refractivity contribution in [3.8, 4) is 23.0 Å². The van der Waals surface area contributed by atoms with Crippen LogP contribution in [0, 0.1) is 0 Å². The van der Waals surface area contributed by atoms with Crippen LogP contribution in [0.1, 0.15) is 21.5 Å². The summed E-state index contributed by atoms with van der Waals surface area (Å²) in [4.78, 5) is 24.6. The van der Waals surface area contributed by atoms with Gasteiger partial charge < -0.3 is 18.9 Å². The molecular formula is C30H24Cl2N2O6. The first-order chi connectivity index (χ1) is 19.4. The molecule has 0 bridgehead atoms. The SMILES string of the molecule is COc1cc(/C=N/NC(=O)COc2ccc(OCc3ccccc3)cc2)ccc1OC(=O)c1ccc(Cl)c(Cl)c1. The molecule has 4 aromatic rings. The lowest BCUT2D eigenvalue weighted by Crippen LogP contribution is -2.24. The van der Waals surface area contributed by atoms with Crippen LogP contribution >= 0.6 is 23.2 Å². The molecule has 40 heavy (non-hydrogen) atoms. The molecule has 0 fully saturated rings. The topological polar surface area (TPSA) is 95.5 Å². The second-order valence-electron chi connectivity index (χ2n) is 8.26. The molecule has 0 saturated carbocycles. The van der Waals surface area contributed by atoms with E-state index >= 15 is 0 Å². The van der Waals surface area contributed by atoms with Gasteiger partial charge >= 0.3 is 5.97 Å². The Hall–Kier alpha value is -4.53. The third-order valence-corrected chi connectivity index (χ3v) is 6.13. The van der Waals surface area contributed by atoms with E-state index in [1.54, 1.807) is 42.5 Å². The van der Waals surface area contributed by atoms with Crippen molar-refractivity contribution in [2.45, 2.75) is 6.61 Å². The highest BCUT2D eigenvalue weighted by Gasteiger charge is 2.14. The fourth-order valence-electron chi connectivity index (χ4n) is 3.36. The van der Waals surface area contributed by atoms with Crippen LogP contribution in [-0.4, -0.2) is 31.8 Å². The van der Waals surface area contributed by atoms with Gasteiger partial charge in [0.2, 0.25) is 0 Å². The van der Waals surface area contributed by atoms with Crippen LogP contribution in [-0.2, 0) is 11.4 Å². The number of benzene rings is 4. The highest BCUT2D eigenvalue weighted by Crippen LogP contribution is 2.29. The highest BCUT2D eigenvalue weighted by atomic mass is 35.5. The minimum atomic E-state index is -0.625. The number of hydrogen-bond donors (Lipinski definition) is 1. The molecule has 4 aromatic carbocycles. The number of hydrogen-bond acceptors (Lipinski definition) is 7. The molecule has 0 spiro atoms. The van der Waals surface area contributed by atoms with Gasteiger partial charge in [-0.05, 0) is 71.8 Å². The summed E-state index contributed by atoms with van der Waals surface area (Å²) in [5.41, 5.74) is 4.30. The van der Waals surface area contributed by atoms with Gasteiger partial charge in [-0.1, -0.05) is 53.5 Å². The molecule has 1 N–H and O–H groups in total. The van der Waals surface area contributed by atoms with Crippen molar-refractivity contribution in [2.24, 2.45) is 5.10 Å². The van der Waals surface area contributed by atoms with Crippen LogP contribution in [0.5, 0.6) is 23.0 Å². The summed E-state index contributed by atoms with van der Waals surface area (Å²) in [7, 11) is 1.44. The van der Waals surface area contributed by atoms with Crippen LogP contribution in [0.4, 0.5) is 0 Å². The number of hydrazone groups is 1. The number of carbonyl (C=O) groups excluding carboxylic acids is 2. The van der Waals surface area contributed by atoms with E-state index in [1.165, 1.54) is 31.5 Å². The van der Waals surface area contributed by atoms with E-state index in [0.29, 0.717) is 34.4 Å². The van der Waals surface area contributed by atoms with Crippen LogP contribution in [0.3, 0.4) is 0 Å². The standard InChI is InChI=1S/C30H24Cl2N2O6/c1-37-28-15-21(7-14-27(28)40-30(36)22-8-13-25(31)26(32)16-22)17-33-34-29(35)19-39-24-11-9-23(10-12-24)38-18-20-5-3-2-4-6-20/h2-17H,18-19H2,1H3,(H,34,35)/b33-17+. The van der Waals surface area contributed by atoms with Crippen molar-refractivity contribution >= 4 is 41.3 Å². The average Bonchev–Trinajstić information content (AvgIpc) is 2.98. The van der Waals surface area contributed by atoms with E-state index in [2.05, 4.69) is 10.5 Å². The number of esters is 1. The Morgan fingerprint density at radius 2 is 1.55 bits per heavy atom. The Bertz CT molecular complexity index is 1490. The fourth-order valence-corrected chi connectivity index (χ4v) is 3.66. The largest absolute Gasteiger partial charge is 0.493 e. The smallest absolute Gasteiger partial charge is 0.343 e. The van der Waals surface area contributed by atoms with E-state index in [-0.39, 0.29) is 22.9 Å². The first-order valence-corrected chi connectivity index (χ1v) is 12.7. The lowest BCUT2D eigenvalue weighted by atomic mass is 10.2. The fraction of sp³-hybridized carbons (Fsp3) is 0.100. The lowest BCUT2D eigenvalue weighted by Gasteiger charge is -2.10. The summed E-state index contributed by atoms with van der Waals surface area (Å²) < 4.78 is 22.0. The Labute approximate surface area is 241 Å². The van der Waals surface area contributed by atoms with E-state index < -0.39 is 11.9 Å². The van der Waals surface area contributed by atoms with Gasteiger partial charge in [-0.2, -0.15) is 5.10 Å². The van der Waals surface area contributed by atoms with Gasteiger partial charge in [0.15, 0.2) is 18.1 Å². The molecule has 0 aliphatic rings. The molecule has 1 amide bonds. The average molecular weight is 579 g/mol. The molecule has 4 rings (SSSR count). The Balaban J connectivity index is 1.24. The number of rotatable bonds is 11. The maximum Gasteiger partial charge on any atom is 0.343 e. The van der Waals surface area contributed by atoms with Crippen LogP contribution < -0.4 is 24.4 Å².